The minimum Gasteiger partial charge on any atom is -0.497 e. The molecule has 150 valence electrons. The van der Waals surface area contributed by atoms with Gasteiger partial charge in [-0.1, -0.05) is 0 Å². The second-order valence-electron chi connectivity index (χ2n) is 6.88. The van der Waals surface area contributed by atoms with Crippen molar-refractivity contribution in [3.05, 3.63) is 89.4 Å². The van der Waals surface area contributed by atoms with Gasteiger partial charge in [0.1, 0.15) is 23.4 Å². The Balaban J connectivity index is 1.50. The van der Waals surface area contributed by atoms with Crippen LogP contribution in [0.25, 0.3) is 11.3 Å². The molecule has 5 nitrogen and oxygen atoms in total. The summed E-state index contributed by atoms with van der Waals surface area (Å²) in [5.74, 6) is 1.38. The number of hydrogen-bond acceptors (Lipinski definition) is 6. The number of thiazole rings is 1. The van der Waals surface area contributed by atoms with Crippen LogP contribution in [0.1, 0.15) is 23.8 Å². The van der Waals surface area contributed by atoms with Crippen LogP contribution in [0.5, 0.6) is 5.75 Å². The number of aromatic nitrogens is 1. The Kier molecular flexibility index (Phi) is 4.80. The second kappa shape index (κ2) is 7.76. The zero-order valence-corrected chi connectivity index (χ0v) is 17.0. The van der Waals surface area contributed by atoms with Crippen molar-refractivity contribution in [2.75, 3.05) is 12.1 Å². The number of hydrogen-bond donors (Lipinski definition) is 0. The summed E-state index contributed by atoms with van der Waals surface area (Å²) in [7, 11) is 1.65. The van der Waals surface area contributed by atoms with Crippen molar-refractivity contribution in [1.29, 1.82) is 0 Å². The van der Waals surface area contributed by atoms with Crippen molar-refractivity contribution in [1.82, 2.24) is 4.98 Å². The number of anilines is 1. The topological polar surface area (TPSA) is 50.9 Å². The number of ether oxygens (including phenoxy) is 1. The predicted molar refractivity (Wildman–Crippen MR) is 116 cm³/mol. The largest absolute Gasteiger partial charge is 0.497 e. The Labute approximate surface area is 177 Å². The molecule has 2 aromatic heterocycles. The van der Waals surface area contributed by atoms with Crippen LogP contribution in [0.15, 0.2) is 81.8 Å². The van der Waals surface area contributed by atoms with Gasteiger partial charge in [0.25, 0.3) is 0 Å². The molecule has 0 N–H and O–H groups in total. The summed E-state index contributed by atoms with van der Waals surface area (Å²) in [6.07, 6.45) is 2.37. The molecule has 0 saturated heterocycles. The lowest BCUT2D eigenvalue weighted by molar-refractivity contribution is 0.415. The van der Waals surface area contributed by atoms with Gasteiger partial charge in [0.2, 0.25) is 5.13 Å². The summed E-state index contributed by atoms with van der Waals surface area (Å²) < 4.78 is 24.2. The van der Waals surface area contributed by atoms with Crippen LogP contribution < -0.4 is 9.75 Å². The number of benzene rings is 2. The van der Waals surface area contributed by atoms with E-state index in [1.54, 1.807) is 25.5 Å². The standard InChI is InChI=1S/C23H18FN3O2S/c1-28-18-10-6-15(7-11-18)19-13-21(22-3-2-12-29-22)27(26-19)23-25-20(14-30-23)16-4-8-17(24)9-5-16/h2-12,14,21H,13H2,1H3. The van der Waals surface area contributed by atoms with Gasteiger partial charge in [-0.3, -0.25) is 0 Å². The van der Waals surface area contributed by atoms with E-state index in [-0.39, 0.29) is 11.9 Å². The lowest BCUT2D eigenvalue weighted by atomic mass is 10.0. The zero-order chi connectivity index (χ0) is 20.5. The molecule has 1 aliphatic rings. The molecule has 1 atom stereocenters. The molecule has 4 aromatic rings. The summed E-state index contributed by atoms with van der Waals surface area (Å²) >= 11 is 1.50. The maximum absolute atomic E-state index is 13.3. The van der Waals surface area contributed by atoms with Crippen LogP contribution in [0.3, 0.4) is 0 Å². The highest BCUT2D eigenvalue weighted by atomic mass is 32.1. The fraction of sp³-hybridized carbons (Fsp3) is 0.130. The summed E-state index contributed by atoms with van der Waals surface area (Å²) in [5.41, 5.74) is 3.65. The van der Waals surface area contributed by atoms with Crippen molar-refractivity contribution in [2.24, 2.45) is 5.10 Å². The molecule has 1 unspecified atom stereocenters. The first kappa shape index (κ1) is 18.6. The van der Waals surface area contributed by atoms with Crippen LogP contribution in [0.2, 0.25) is 0 Å². The van der Waals surface area contributed by atoms with Gasteiger partial charge in [-0.2, -0.15) is 5.10 Å². The van der Waals surface area contributed by atoms with Crippen molar-refractivity contribution in [2.45, 2.75) is 12.5 Å². The summed E-state index contributed by atoms with van der Waals surface area (Å²) in [5, 5.41) is 9.52. The quantitative estimate of drug-likeness (QED) is 0.404. The lowest BCUT2D eigenvalue weighted by Crippen LogP contribution is -2.17. The van der Waals surface area contributed by atoms with Gasteiger partial charge in [-0.05, 0) is 66.2 Å². The van der Waals surface area contributed by atoms with Crippen LogP contribution in [-0.2, 0) is 0 Å². The van der Waals surface area contributed by atoms with Crippen molar-refractivity contribution < 1.29 is 13.5 Å². The van der Waals surface area contributed by atoms with E-state index in [1.807, 2.05) is 46.8 Å². The number of methoxy groups -OCH3 is 1. The first-order valence-corrected chi connectivity index (χ1v) is 10.4. The maximum atomic E-state index is 13.3. The highest BCUT2D eigenvalue weighted by molar-refractivity contribution is 7.14. The molecule has 0 fully saturated rings. The van der Waals surface area contributed by atoms with Gasteiger partial charge in [0, 0.05) is 17.4 Å². The Morgan fingerprint density at radius 3 is 2.53 bits per heavy atom. The number of hydrazone groups is 1. The lowest BCUT2D eigenvalue weighted by Gasteiger charge is -2.18. The second-order valence-corrected chi connectivity index (χ2v) is 7.71. The third kappa shape index (κ3) is 3.48. The van der Waals surface area contributed by atoms with Gasteiger partial charge in [0.15, 0.2) is 0 Å². The number of halogens is 1. The number of nitrogens with zero attached hydrogens (tertiary/aromatic N) is 3. The molecular weight excluding hydrogens is 401 g/mol. The molecule has 5 rings (SSSR count). The van der Waals surface area contributed by atoms with Crippen molar-refractivity contribution in [3.63, 3.8) is 0 Å². The average Bonchev–Trinajstić information content (AvgIpc) is 3.54. The smallest absolute Gasteiger partial charge is 0.207 e. The number of rotatable bonds is 5. The zero-order valence-electron chi connectivity index (χ0n) is 16.2. The minimum absolute atomic E-state index is 0.0793. The van der Waals surface area contributed by atoms with E-state index < -0.39 is 0 Å². The summed E-state index contributed by atoms with van der Waals surface area (Å²) in [6, 6.07) is 18.0. The molecule has 2 aromatic carbocycles. The maximum Gasteiger partial charge on any atom is 0.207 e. The van der Waals surface area contributed by atoms with E-state index in [9.17, 15) is 4.39 Å². The monoisotopic (exact) mass is 419 g/mol. The molecule has 0 spiro atoms. The van der Waals surface area contributed by atoms with E-state index >= 15 is 0 Å². The fourth-order valence-corrected chi connectivity index (χ4v) is 4.30. The SMILES string of the molecule is COc1ccc(C2=NN(c3nc(-c4ccc(F)cc4)cs3)C(c3ccco3)C2)cc1. The predicted octanol–water partition coefficient (Wildman–Crippen LogP) is 5.91. The molecule has 0 aliphatic carbocycles. The van der Waals surface area contributed by atoms with Crippen LogP contribution in [-0.4, -0.2) is 17.8 Å². The highest BCUT2D eigenvalue weighted by Gasteiger charge is 2.33. The Morgan fingerprint density at radius 1 is 1.07 bits per heavy atom. The number of furan rings is 1. The van der Waals surface area contributed by atoms with Gasteiger partial charge in [0.05, 0.1) is 24.8 Å². The minimum atomic E-state index is -0.264. The first-order chi connectivity index (χ1) is 14.7. The normalized spacial score (nSPS) is 16.0. The molecule has 30 heavy (non-hydrogen) atoms. The molecule has 0 radical (unpaired) electrons. The summed E-state index contributed by atoms with van der Waals surface area (Å²) in [4.78, 5) is 4.76. The van der Waals surface area contributed by atoms with Crippen molar-refractivity contribution in [3.8, 4) is 17.0 Å². The van der Waals surface area contributed by atoms with Gasteiger partial charge in [-0.15, -0.1) is 11.3 Å². The molecule has 3 heterocycles. The van der Waals surface area contributed by atoms with Crippen molar-refractivity contribution >= 4 is 22.2 Å². The van der Waals surface area contributed by atoms with Crippen LogP contribution in [0.4, 0.5) is 9.52 Å². The van der Waals surface area contributed by atoms with Gasteiger partial charge < -0.3 is 9.15 Å². The van der Waals surface area contributed by atoms with E-state index in [2.05, 4.69) is 0 Å². The first-order valence-electron chi connectivity index (χ1n) is 9.47. The van der Waals surface area contributed by atoms with E-state index in [0.29, 0.717) is 6.42 Å². The average molecular weight is 419 g/mol. The van der Waals surface area contributed by atoms with Gasteiger partial charge in [-0.25, -0.2) is 14.4 Å². The molecule has 0 saturated carbocycles. The molecule has 7 heteroatoms. The summed E-state index contributed by atoms with van der Waals surface area (Å²) in [6.45, 7) is 0. The van der Waals surface area contributed by atoms with E-state index in [0.717, 1.165) is 39.2 Å². The van der Waals surface area contributed by atoms with Gasteiger partial charge >= 0.3 is 0 Å². The van der Waals surface area contributed by atoms with E-state index in [1.165, 1.54) is 23.5 Å². The molecule has 0 amide bonds. The third-order valence-electron chi connectivity index (χ3n) is 5.03. The Hall–Kier alpha value is -3.45. The molecule has 1 aliphatic heterocycles. The highest BCUT2D eigenvalue weighted by Crippen LogP contribution is 2.39. The van der Waals surface area contributed by atoms with Crippen LogP contribution >= 0.6 is 11.3 Å². The Bertz CT molecular complexity index is 1170. The third-order valence-corrected chi connectivity index (χ3v) is 5.86. The van der Waals surface area contributed by atoms with Crippen LogP contribution in [0, 0.1) is 5.82 Å². The Morgan fingerprint density at radius 2 is 1.83 bits per heavy atom. The molecule has 0 bridgehead atoms. The molecular formula is C23H18FN3O2S. The van der Waals surface area contributed by atoms with E-state index in [4.69, 9.17) is 19.2 Å². The fourth-order valence-electron chi connectivity index (χ4n) is 3.47.